The maximum atomic E-state index is 13.6. The summed E-state index contributed by atoms with van der Waals surface area (Å²) < 4.78 is 13.6. The number of fused-ring (bicyclic) bond motifs is 1. The lowest BCUT2D eigenvalue weighted by Crippen LogP contribution is -2.03. The first-order valence-electron chi connectivity index (χ1n) is 5.72. The van der Waals surface area contributed by atoms with E-state index in [2.05, 4.69) is 5.32 Å². The average Bonchev–Trinajstić information content (AvgIpc) is 2.68. The molecule has 19 heavy (non-hydrogen) atoms. The zero-order valence-corrected chi connectivity index (χ0v) is 10.5. The maximum Gasteiger partial charge on any atom is 0.256 e. The zero-order chi connectivity index (χ0) is 13.4. The molecular weight excluding hydrogens is 265 g/mol. The predicted octanol–water partition coefficient (Wildman–Crippen LogP) is 3.97. The Morgan fingerprint density at radius 2 is 1.95 bits per heavy atom. The number of benzene rings is 2. The van der Waals surface area contributed by atoms with Gasteiger partial charge in [-0.15, -0.1) is 0 Å². The van der Waals surface area contributed by atoms with Crippen LogP contribution in [0.4, 0.5) is 10.1 Å². The third kappa shape index (κ3) is 2.13. The second-order valence-electron chi connectivity index (χ2n) is 4.22. The summed E-state index contributed by atoms with van der Waals surface area (Å²) in [7, 11) is 0. The minimum atomic E-state index is -0.356. The Morgan fingerprint density at radius 1 is 1.16 bits per heavy atom. The molecule has 0 atom stereocenters. The molecule has 2 nitrogen and oxygen atoms in total. The fourth-order valence-electron chi connectivity index (χ4n) is 2.06. The molecule has 3 rings (SSSR count). The van der Waals surface area contributed by atoms with Crippen molar-refractivity contribution < 1.29 is 9.18 Å². The summed E-state index contributed by atoms with van der Waals surface area (Å²) in [6.45, 7) is 0. The third-order valence-electron chi connectivity index (χ3n) is 2.97. The van der Waals surface area contributed by atoms with Crippen LogP contribution in [0.25, 0.3) is 11.6 Å². The number of anilines is 1. The Bertz CT molecular complexity index is 709. The van der Waals surface area contributed by atoms with Gasteiger partial charge in [0.2, 0.25) is 0 Å². The molecule has 0 spiro atoms. The van der Waals surface area contributed by atoms with Gasteiger partial charge in [0.1, 0.15) is 5.82 Å². The highest BCUT2D eigenvalue weighted by molar-refractivity contribution is 6.36. The van der Waals surface area contributed by atoms with Crippen LogP contribution in [0.5, 0.6) is 0 Å². The monoisotopic (exact) mass is 273 g/mol. The molecule has 0 fully saturated rings. The van der Waals surface area contributed by atoms with Gasteiger partial charge in [0.25, 0.3) is 5.91 Å². The molecule has 1 N–H and O–H groups in total. The lowest BCUT2D eigenvalue weighted by Gasteiger charge is -2.00. The van der Waals surface area contributed by atoms with E-state index in [0.717, 1.165) is 5.56 Å². The van der Waals surface area contributed by atoms with Gasteiger partial charge in [-0.25, -0.2) is 4.39 Å². The molecule has 0 radical (unpaired) electrons. The number of halogens is 2. The van der Waals surface area contributed by atoms with Gasteiger partial charge in [0.15, 0.2) is 0 Å². The molecule has 0 saturated heterocycles. The Morgan fingerprint density at radius 3 is 2.74 bits per heavy atom. The Balaban J connectivity index is 2.12. The van der Waals surface area contributed by atoms with Crippen LogP contribution in [-0.2, 0) is 4.79 Å². The summed E-state index contributed by atoms with van der Waals surface area (Å²) in [6, 6.07) is 11.5. The number of hydrogen-bond acceptors (Lipinski definition) is 1. The van der Waals surface area contributed by atoms with Crippen LogP contribution in [0.3, 0.4) is 0 Å². The molecule has 1 aliphatic rings. The van der Waals surface area contributed by atoms with Gasteiger partial charge in [-0.1, -0.05) is 35.9 Å². The van der Waals surface area contributed by atoms with Crippen molar-refractivity contribution >= 4 is 34.8 Å². The van der Waals surface area contributed by atoms with E-state index in [1.165, 1.54) is 6.07 Å². The number of carbonyl (C=O) groups is 1. The number of rotatable bonds is 1. The van der Waals surface area contributed by atoms with E-state index in [-0.39, 0.29) is 11.7 Å². The Hall–Kier alpha value is -2.13. The zero-order valence-electron chi connectivity index (χ0n) is 9.78. The van der Waals surface area contributed by atoms with E-state index >= 15 is 0 Å². The quantitative estimate of drug-likeness (QED) is 0.783. The molecule has 94 valence electrons. The first kappa shape index (κ1) is 11.9. The number of carbonyl (C=O) groups excluding carboxylic acids is 1. The van der Waals surface area contributed by atoms with Gasteiger partial charge in [-0.2, -0.15) is 0 Å². The molecule has 0 aromatic heterocycles. The summed E-state index contributed by atoms with van der Waals surface area (Å²) in [4.78, 5) is 11.9. The molecular formula is C15H9ClFNO. The number of amides is 1. The van der Waals surface area contributed by atoms with Gasteiger partial charge in [-0.3, -0.25) is 4.79 Å². The molecule has 0 saturated carbocycles. The van der Waals surface area contributed by atoms with Crippen molar-refractivity contribution in [2.75, 3.05) is 5.32 Å². The Kier molecular flexibility index (Phi) is 2.84. The molecule has 1 aliphatic heterocycles. The van der Waals surface area contributed by atoms with Crippen LogP contribution in [0, 0.1) is 5.82 Å². The van der Waals surface area contributed by atoms with Crippen molar-refractivity contribution in [1.82, 2.24) is 0 Å². The molecule has 2 aromatic rings. The van der Waals surface area contributed by atoms with Gasteiger partial charge in [0.05, 0.1) is 5.69 Å². The highest BCUT2D eigenvalue weighted by atomic mass is 35.5. The number of hydrogen-bond donors (Lipinski definition) is 1. The van der Waals surface area contributed by atoms with E-state index in [9.17, 15) is 9.18 Å². The van der Waals surface area contributed by atoms with Crippen molar-refractivity contribution in [2.24, 2.45) is 0 Å². The van der Waals surface area contributed by atoms with Crippen LogP contribution in [0.2, 0.25) is 5.02 Å². The first-order valence-corrected chi connectivity index (χ1v) is 6.10. The van der Waals surface area contributed by atoms with Crippen LogP contribution >= 0.6 is 11.6 Å². The van der Waals surface area contributed by atoms with E-state index < -0.39 is 0 Å². The maximum absolute atomic E-state index is 13.6. The molecule has 1 amide bonds. The smallest absolute Gasteiger partial charge is 0.256 e. The molecule has 2 aromatic carbocycles. The van der Waals surface area contributed by atoms with Crippen molar-refractivity contribution in [3.63, 3.8) is 0 Å². The minimum Gasteiger partial charge on any atom is -0.321 e. The second kappa shape index (κ2) is 4.52. The van der Waals surface area contributed by atoms with E-state index in [1.807, 2.05) is 0 Å². The highest BCUT2D eigenvalue weighted by Crippen LogP contribution is 2.35. The van der Waals surface area contributed by atoms with Gasteiger partial charge >= 0.3 is 0 Å². The average molecular weight is 274 g/mol. The van der Waals surface area contributed by atoms with E-state index in [1.54, 1.807) is 42.5 Å². The largest absolute Gasteiger partial charge is 0.321 e. The van der Waals surface area contributed by atoms with E-state index in [0.29, 0.717) is 21.8 Å². The van der Waals surface area contributed by atoms with Crippen molar-refractivity contribution in [1.29, 1.82) is 0 Å². The van der Waals surface area contributed by atoms with Crippen LogP contribution in [0.15, 0.2) is 42.5 Å². The van der Waals surface area contributed by atoms with E-state index in [4.69, 9.17) is 11.6 Å². The van der Waals surface area contributed by atoms with Gasteiger partial charge in [0, 0.05) is 21.7 Å². The first-order chi connectivity index (χ1) is 9.15. The second-order valence-corrected chi connectivity index (χ2v) is 4.66. The summed E-state index contributed by atoms with van der Waals surface area (Å²) >= 11 is 5.87. The van der Waals surface area contributed by atoms with Crippen LogP contribution < -0.4 is 5.32 Å². The van der Waals surface area contributed by atoms with Crippen LogP contribution in [-0.4, -0.2) is 5.91 Å². The van der Waals surface area contributed by atoms with Crippen molar-refractivity contribution in [3.8, 4) is 0 Å². The topological polar surface area (TPSA) is 29.1 Å². The van der Waals surface area contributed by atoms with Crippen molar-refractivity contribution in [2.45, 2.75) is 0 Å². The summed E-state index contributed by atoms with van der Waals surface area (Å²) in [5.41, 5.74) is 2.21. The highest BCUT2D eigenvalue weighted by Gasteiger charge is 2.24. The number of nitrogens with one attached hydrogen (secondary N) is 1. The molecule has 1 heterocycles. The molecule has 0 bridgehead atoms. The summed E-state index contributed by atoms with van der Waals surface area (Å²) in [5.74, 6) is -0.606. The summed E-state index contributed by atoms with van der Waals surface area (Å²) in [5, 5.41) is 3.26. The fraction of sp³-hybridized carbons (Fsp3) is 0. The van der Waals surface area contributed by atoms with Crippen molar-refractivity contribution in [3.05, 3.63) is 64.4 Å². The lowest BCUT2D eigenvalue weighted by molar-refractivity contribution is -0.110. The van der Waals surface area contributed by atoms with Crippen LogP contribution in [0.1, 0.15) is 11.1 Å². The standard InChI is InChI=1S/C15H9ClFNO/c16-10-5-6-11-12(15(19)18-14(11)8-10)7-9-3-1-2-4-13(9)17/h1-8H,(H,18,19)/b12-7+. The lowest BCUT2D eigenvalue weighted by atomic mass is 10.0. The summed E-state index contributed by atoms with van der Waals surface area (Å²) in [6.07, 6.45) is 1.55. The molecule has 0 aliphatic carbocycles. The SMILES string of the molecule is O=C1Nc2cc(Cl)ccc2/C1=C\c1ccccc1F. The molecule has 0 unspecified atom stereocenters. The predicted molar refractivity (Wildman–Crippen MR) is 74.4 cm³/mol. The Labute approximate surface area is 114 Å². The fourth-order valence-corrected chi connectivity index (χ4v) is 2.23. The normalized spacial score (nSPS) is 15.5. The third-order valence-corrected chi connectivity index (χ3v) is 3.20. The molecule has 4 heteroatoms. The van der Waals surface area contributed by atoms with Gasteiger partial charge < -0.3 is 5.32 Å². The minimum absolute atomic E-state index is 0.250. The van der Waals surface area contributed by atoms with Gasteiger partial charge in [-0.05, 0) is 24.3 Å².